The number of methoxy groups -OCH3 is 1. The predicted octanol–water partition coefficient (Wildman–Crippen LogP) is 4.95. The largest absolute Gasteiger partial charge is 0.465 e. The molecule has 0 unspecified atom stereocenters. The van der Waals surface area contributed by atoms with Crippen molar-refractivity contribution >= 4 is 39.9 Å². The van der Waals surface area contributed by atoms with Gasteiger partial charge in [0, 0.05) is 16.6 Å². The van der Waals surface area contributed by atoms with Gasteiger partial charge in [-0.05, 0) is 41.8 Å². The fraction of sp³-hybridized carbons (Fsp3) is 0.238. The Labute approximate surface area is 182 Å². The number of nitrogens with zero attached hydrogens (tertiary/aromatic N) is 4. The van der Waals surface area contributed by atoms with E-state index < -0.39 is 0 Å². The van der Waals surface area contributed by atoms with Crippen LogP contribution in [-0.4, -0.2) is 34.2 Å². The molecule has 8 heteroatoms. The molecule has 0 atom stereocenters. The zero-order valence-electron chi connectivity index (χ0n) is 16.2. The molecule has 0 N–H and O–H groups in total. The highest BCUT2D eigenvalue weighted by molar-refractivity contribution is 9.10. The third-order valence-electron chi connectivity index (χ3n) is 4.09. The van der Waals surface area contributed by atoms with Crippen molar-refractivity contribution in [2.75, 3.05) is 7.11 Å². The third-order valence-corrected chi connectivity index (χ3v) is 5.60. The van der Waals surface area contributed by atoms with Gasteiger partial charge in [-0.25, -0.2) is 4.79 Å². The summed E-state index contributed by atoms with van der Waals surface area (Å²) in [5.74, 6) is 1.25. The van der Waals surface area contributed by atoms with Crippen LogP contribution in [0.1, 0.15) is 40.7 Å². The molecular weight excluding hydrogens is 452 g/mol. The van der Waals surface area contributed by atoms with Crippen LogP contribution in [0.15, 0.2) is 63.3 Å². The van der Waals surface area contributed by atoms with Crippen LogP contribution in [0, 0.1) is 0 Å². The molecule has 3 aromatic rings. The molecule has 6 nitrogen and oxygen atoms in total. The van der Waals surface area contributed by atoms with Crippen molar-refractivity contribution in [2.24, 2.45) is 5.10 Å². The molecule has 2 aromatic carbocycles. The molecule has 29 heavy (non-hydrogen) atoms. The lowest BCUT2D eigenvalue weighted by Crippen LogP contribution is -2.02. The summed E-state index contributed by atoms with van der Waals surface area (Å²) in [6, 6.07) is 15.3. The summed E-state index contributed by atoms with van der Waals surface area (Å²) >= 11 is 5.05. The van der Waals surface area contributed by atoms with E-state index in [0.29, 0.717) is 5.56 Å². The molecule has 1 heterocycles. The van der Waals surface area contributed by atoms with E-state index in [9.17, 15) is 4.79 Å². The number of aryl methyl sites for hydroxylation is 1. The van der Waals surface area contributed by atoms with Crippen LogP contribution in [0.4, 0.5) is 0 Å². The Bertz CT molecular complexity index is 985. The zero-order chi connectivity index (χ0) is 20.6. The first kappa shape index (κ1) is 21.3. The molecule has 0 spiro atoms. The molecule has 150 valence electrons. The Hall–Kier alpha value is -2.45. The lowest BCUT2D eigenvalue weighted by Gasteiger charge is -2.04. The van der Waals surface area contributed by atoms with E-state index >= 15 is 0 Å². The van der Waals surface area contributed by atoms with E-state index in [1.807, 2.05) is 24.3 Å². The standard InChI is InChI=1S/C21H21BrN4O2S/c1-3-4-19-24-25-21(29-14-16-7-11-18(22)12-8-16)26(19)23-13-15-5-9-17(10-6-15)20(27)28-2/h5-13H,3-4,14H2,1-2H3/b23-13+. The average molecular weight is 473 g/mol. The molecular formula is C21H21BrN4O2S. The molecule has 0 saturated carbocycles. The van der Waals surface area contributed by atoms with Crippen LogP contribution in [0.3, 0.4) is 0 Å². The summed E-state index contributed by atoms with van der Waals surface area (Å²) in [5.41, 5.74) is 2.58. The smallest absolute Gasteiger partial charge is 0.337 e. The lowest BCUT2D eigenvalue weighted by molar-refractivity contribution is 0.0600. The number of carbonyl (C=O) groups is 1. The fourth-order valence-electron chi connectivity index (χ4n) is 2.56. The molecule has 1 aromatic heterocycles. The second-order valence-electron chi connectivity index (χ2n) is 6.23. The summed E-state index contributed by atoms with van der Waals surface area (Å²) in [4.78, 5) is 11.6. The Kier molecular flexibility index (Phi) is 7.60. The van der Waals surface area contributed by atoms with Crippen molar-refractivity contribution in [3.8, 4) is 0 Å². The maximum Gasteiger partial charge on any atom is 0.337 e. The van der Waals surface area contributed by atoms with Gasteiger partial charge in [-0.3, -0.25) is 0 Å². The number of hydrogen-bond donors (Lipinski definition) is 0. The number of thioether (sulfide) groups is 1. The van der Waals surface area contributed by atoms with Gasteiger partial charge in [-0.1, -0.05) is 58.9 Å². The van der Waals surface area contributed by atoms with Gasteiger partial charge in [0.25, 0.3) is 0 Å². The number of carbonyl (C=O) groups excluding carboxylic acids is 1. The first-order valence-electron chi connectivity index (χ1n) is 9.15. The number of aromatic nitrogens is 3. The monoisotopic (exact) mass is 472 g/mol. The van der Waals surface area contributed by atoms with Crippen LogP contribution in [0.2, 0.25) is 0 Å². The second-order valence-corrected chi connectivity index (χ2v) is 8.09. The molecule has 0 bridgehead atoms. The Balaban J connectivity index is 1.77. The van der Waals surface area contributed by atoms with Crippen LogP contribution in [0.5, 0.6) is 0 Å². The van der Waals surface area contributed by atoms with Crippen LogP contribution in [0.25, 0.3) is 0 Å². The Morgan fingerprint density at radius 2 is 1.90 bits per heavy atom. The minimum Gasteiger partial charge on any atom is -0.465 e. The molecule has 0 saturated heterocycles. The minimum absolute atomic E-state index is 0.357. The van der Waals surface area contributed by atoms with Crippen molar-refractivity contribution in [3.05, 3.63) is 75.5 Å². The van der Waals surface area contributed by atoms with Crippen molar-refractivity contribution in [3.63, 3.8) is 0 Å². The fourth-order valence-corrected chi connectivity index (χ4v) is 3.68. The van der Waals surface area contributed by atoms with E-state index in [0.717, 1.165) is 39.6 Å². The first-order valence-corrected chi connectivity index (χ1v) is 10.9. The highest BCUT2D eigenvalue weighted by atomic mass is 79.9. The van der Waals surface area contributed by atoms with Crippen LogP contribution in [-0.2, 0) is 16.9 Å². The van der Waals surface area contributed by atoms with Crippen molar-refractivity contribution in [1.82, 2.24) is 14.9 Å². The summed E-state index contributed by atoms with van der Waals surface area (Å²) < 4.78 is 7.58. The van der Waals surface area contributed by atoms with Gasteiger partial charge in [0.1, 0.15) is 0 Å². The highest BCUT2D eigenvalue weighted by Crippen LogP contribution is 2.23. The van der Waals surface area contributed by atoms with Crippen molar-refractivity contribution in [1.29, 1.82) is 0 Å². The van der Waals surface area contributed by atoms with E-state index in [4.69, 9.17) is 4.74 Å². The Morgan fingerprint density at radius 1 is 1.17 bits per heavy atom. The summed E-state index contributed by atoms with van der Waals surface area (Å²) in [5, 5.41) is 14.0. The van der Waals surface area contributed by atoms with Crippen LogP contribution >= 0.6 is 27.7 Å². The normalized spacial score (nSPS) is 11.1. The quantitative estimate of drug-likeness (QED) is 0.263. The number of esters is 1. The van der Waals surface area contributed by atoms with Gasteiger partial charge in [0.2, 0.25) is 5.16 Å². The topological polar surface area (TPSA) is 69.4 Å². The maximum atomic E-state index is 11.6. The van der Waals surface area contributed by atoms with Gasteiger partial charge in [-0.2, -0.15) is 9.78 Å². The first-order chi connectivity index (χ1) is 14.1. The molecule has 0 fully saturated rings. The molecule has 0 radical (unpaired) electrons. The molecule has 0 amide bonds. The van der Waals surface area contributed by atoms with Crippen molar-refractivity contribution in [2.45, 2.75) is 30.7 Å². The number of halogens is 1. The van der Waals surface area contributed by atoms with E-state index in [2.05, 4.69) is 50.3 Å². The van der Waals surface area contributed by atoms with Gasteiger partial charge in [-0.15, -0.1) is 10.2 Å². The summed E-state index contributed by atoms with van der Waals surface area (Å²) in [6.45, 7) is 2.10. The lowest BCUT2D eigenvalue weighted by atomic mass is 10.1. The van der Waals surface area contributed by atoms with E-state index in [1.165, 1.54) is 12.7 Å². The van der Waals surface area contributed by atoms with E-state index in [1.54, 1.807) is 34.8 Å². The molecule has 0 aliphatic rings. The van der Waals surface area contributed by atoms with Crippen LogP contribution < -0.4 is 0 Å². The second kappa shape index (κ2) is 10.4. The van der Waals surface area contributed by atoms with Gasteiger partial charge in [0.05, 0.1) is 18.9 Å². The summed E-state index contributed by atoms with van der Waals surface area (Å²) in [7, 11) is 1.37. The molecule has 0 aliphatic heterocycles. The SMILES string of the molecule is CCCc1nnc(SCc2ccc(Br)cc2)n1/N=C/c1ccc(C(=O)OC)cc1. The average Bonchev–Trinajstić information content (AvgIpc) is 3.13. The van der Waals surface area contributed by atoms with Gasteiger partial charge in [0.15, 0.2) is 5.82 Å². The Morgan fingerprint density at radius 3 is 2.55 bits per heavy atom. The highest BCUT2D eigenvalue weighted by Gasteiger charge is 2.12. The van der Waals surface area contributed by atoms with Gasteiger partial charge >= 0.3 is 5.97 Å². The predicted molar refractivity (Wildman–Crippen MR) is 118 cm³/mol. The molecule has 3 rings (SSSR count). The maximum absolute atomic E-state index is 11.6. The number of ether oxygens (including phenoxy) is 1. The zero-order valence-corrected chi connectivity index (χ0v) is 18.6. The number of hydrogen-bond acceptors (Lipinski definition) is 6. The minimum atomic E-state index is -0.357. The van der Waals surface area contributed by atoms with Gasteiger partial charge < -0.3 is 4.74 Å². The third kappa shape index (κ3) is 5.77. The number of benzene rings is 2. The summed E-state index contributed by atoms with van der Waals surface area (Å²) in [6.07, 6.45) is 3.50. The van der Waals surface area contributed by atoms with E-state index in [-0.39, 0.29) is 5.97 Å². The van der Waals surface area contributed by atoms with Crippen molar-refractivity contribution < 1.29 is 9.53 Å². The number of rotatable bonds is 8. The molecule has 0 aliphatic carbocycles.